The van der Waals surface area contributed by atoms with Crippen molar-refractivity contribution in [1.29, 1.82) is 0 Å². The van der Waals surface area contributed by atoms with Crippen molar-refractivity contribution in [1.82, 2.24) is 35.7 Å². The molecule has 3 aliphatic heterocycles. The number of aromatic nitrogens is 2. The van der Waals surface area contributed by atoms with Gasteiger partial charge in [-0.25, -0.2) is 14.2 Å². The summed E-state index contributed by atoms with van der Waals surface area (Å²) in [6.07, 6.45) is 3.57. The minimum absolute atomic E-state index is 0.0269. The van der Waals surface area contributed by atoms with Gasteiger partial charge in [-0.05, 0) is 73.8 Å². The van der Waals surface area contributed by atoms with Gasteiger partial charge in [0, 0.05) is 72.9 Å². The maximum atomic E-state index is 15.5. The minimum atomic E-state index is -2.07. The lowest BCUT2D eigenvalue weighted by Crippen LogP contribution is -2.44. The Hall–Kier alpha value is -7.78. The number of amides is 6. The van der Waals surface area contributed by atoms with E-state index >= 15 is 4.39 Å². The van der Waals surface area contributed by atoms with Gasteiger partial charge in [0.1, 0.15) is 18.5 Å². The Morgan fingerprint density at radius 1 is 0.893 bits per heavy atom. The van der Waals surface area contributed by atoms with E-state index in [1.807, 2.05) is 0 Å². The lowest BCUT2D eigenvalue weighted by Gasteiger charge is -2.31. The number of carbonyl (C=O) groups is 9. The van der Waals surface area contributed by atoms with E-state index in [1.165, 1.54) is 22.8 Å². The highest BCUT2D eigenvalue weighted by atomic mass is 19.1. The SMILES string of the molecule is CC[C@@]1(O)C(=O)OCc2c1cc1n(c2=O)Cc2c-1nc1cc(F)c(C)c3c1c2[C@@H](NC(=O)CNC(=O)[C@@H](CC(=O)CNC(=O)CCC(=O)[C@H](CO)NC(=O)CCCCCN1C(=O)C=CC1=O)Cc1ccccc1)CC3. The van der Waals surface area contributed by atoms with Crippen LogP contribution in [-0.2, 0) is 79.5 Å². The molecule has 75 heavy (non-hydrogen) atoms. The van der Waals surface area contributed by atoms with Crippen LogP contribution in [0.15, 0.2) is 59.4 Å². The highest BCUT2D eigenvalue weighted by Gasteiger charge is 2.46. The van der Waals surface area contributed by atoms with Crippen LogP contribution in [0.5, 0.6) is 0 Å². The first-order valence-corrected chi connectivity index (χ1v) is 25.1. The van der Waals surface area contributed by atoms with Gasteiger partial charge >= 0.3 is 5.97 Å². The van der Waals surface area contributed by atoms with Crippen LogP contribution in [0.2, 0.25) is 0 Å². The molecule has 2 aromatic carbocycles. The lowest BCUT2D eigenvalue weighted by molar-refractivity contribution is -0.172. The molecule has 20 nitrogen and oxygen atoms in total. The molecule has 394 valence electrons. The molecule has 5 heterocycles. The third-order valence-electron chi connectivity index (χ3n) is 14.5. The van der Waals surface area contributed by atoms with Gasteiger partial charge in [-0.3, -0.25) is 48.1 Å². The molecule has 0 spiro atoms. The molecular weight excluding hydrogens is 974 g/mol. The number of unbranched alkanes of at least 4 members (excludes halogenated alkanes) is 2. The fourth-order valence-electron chi connectivity index (χ4n) is 10.3. The molecule has 0 saturated carbocycles. The highest BCUT2D eigenvalue weighted by molar-refractivity contribution is 6.12. The third-order valence-corrected chi connectivity index (χ3v) is 14.5. The second-order valence-electron chi connectivity index (χ2n) is 19.3. The number of rotatable bonds is 23. The largest absolute Gasteiger partial charge is 0.458 e. The second-order valence-corrected chi connectivity index (χ2v) is 19.3. The number of ether oxygens (including phenoxy) is 1. The van der Waals surface area contributed by atoms with Crippen LogP contribution in [0.1, 0.15) is 110 Å². The van der Waals surface area contributed by atoms with Crippen LogP contribution in [0.25, 0.3) is 22.3 Å². The maximum absolute atomic E-state index is 15.5. The number of fused-ring (bicyclic) bond motifs is 5. The molecule has 6 amide bonds. The van der Waals surface area contributed by atoms with Crippen LogP contribution >= 0.6 is 0 Å². The number of Topliss-reactive ketones (excluding diaryl/α,β-unsaturated/α-hetero) is 2. The quantitative estimate of drug-likeness (QED) is 0.0310. The highest BCUT2D eigenvalue weighted by Crippen LogP contribution is 2.46. The number of hydrogen-bond donors (Lipinski definition) is 6. The smallest absolute Gasteiger partial charge is 0.343 e. The Kier molecular flexibility index (Phi) is 16.2. The van der Waals surface area contributed by atoms with Crippen molar-refractivity contribution in [3.63, 3.8) is 0 Å². The first-order chi connectivity index (χ1) is 35.9. The van der Waals surface area contributed by atoms with Crippen molar-refractivity contribution in [3.05, 3.63) is 110 Å². The first kappa shape index (κ1) is 53.5. The van der Waals surface area contributed by atoms with Crippen LogP contribution < -0.4 is 26.8 Å². The van der Waals surface area contributed by atoms with E-state index in [-0.39, 0.29) is 81.2 Å². The van der Waals surface area contributed by atoms with Crippen molar-refractivity contribution in [2.45, 2.75) is 115 Å². The molecule has 2 aromatic heterocycles. The summed E-state index contributed by atoms with van der Waals surface area (Å²) in [5, 5.41) is 32.4. The predicted molar refractivity (Wildman–Crippen MR) is 265 cm³/mol. The summed E-state index contributed by atoms with van der Waals surface area (Å²) in [6, 6.07) is 9.82. The molecule has 0 saturated heterocycles. The molecule has 0 fully saturated rings. The summed E-state index contributed by atoms with van der Waals surface area (Å²) in [4.78, 5) is 135. The number of aliphatic hydroxyl groups is 2. The summed E-state index contributed by atoms with van der Waals surface area (Å²) in [6.45, 7) is 1.52. The van der Waals surface area contributed by atoms with E-state index in [4.69, 9.17) is 9.72 Å². The lowest BCUT2D eigenvalue weighted by atomic mass is 9.81. The van der Waals surface area contributed by atoms with Crippen molar-refractivity contribution < 1.29 is 62.5 Å². The number of aliphatic hydroxyl groups excluding tert-OH is 1. The van der Waals surface area contributed by atoms with E-state index in [1.54, 1.807) is 50.2 Å². The summed E-state index contributed by atoms with van der Waals surface area (Å²) in [5.41, 5.74) is 1.72. The second kappa shape index (κ2) is 22.8. The molecule has 0 radical (unpaired) electrons. The van der Waals surface area contributed by atoms with E-state index in [2.05, 4.69) is 21.3 Å². The standard InChI is InChI=1S/C54H58FN7O13/c1-3-54(74)36-22-41-50-34(26-62(41)52(72)35(36)28-75-53(54)73)49-38(14-13-33-29(2)37(55)23-39(60-50)48(33)49)58-45(68)25-57-51(71)31(20-30-10-6-4-7-11-30)21-32(64)24-56-43(66)16-15-42(65)40(27-63)59-44(67)12-8-5-9-19-61-46(69)17-18-47(61)70/h4,6-7,10-11,17-18,22-23,31,38,40,63,74H,3,5,8-9,12-16,19-21,24-28H2,1-2H3,(H,56,66)(H,57,71)(H,58,68)(H,59,67)/t31-,38+,40+,54+/m1/s1. The van der Waals surface area contributed by atoms with Gasteiger partial charge in [0.15, 0.2) is 17.2 Å². The molecular formula is C54H58FN7O13. The summed E-state index contributed by atoms with van der Waals surface area (Å²) in [7, 11) is 0. The third kappa shape index (κ3) is 11.3. The van der Waals surface area contributed by atoms with Gasteiger partial charge in [0.25, 0.3) is 17.4 Å². The normalized spacial score (nSPS) is 17.9. The predicted octanol–water partition coefficient (Wildman–Crippen LogP) is 1.99. The minimum Gasteiger partial charge on any atom is -0.458 e. The zero-order valence-corrected chi connectivity index (χ0v) is 41.6. The van der Waals surface area contributed by atoms with Crippen LogP contribution in [-0.4, -0.2) is 110 Å². The number of nitrogens with zero attached hydrogens (tertiary/aromatic N) is 3. The Morgan fingerprint density at radius 2 is 1.64 bits per heavy atom. The van der Waals surface area contributed by atoms with Gasteiger partial charge in [0.2, 0.25) is 23.6 Å². The van der Waals surface area contributed by atoms with Crippen molar-refractivity contribution in [2.75, 3.05) is 26.2 Å². The molecule has 8 rings (SSSR count). The number of hydrogen-bond acceptors (Lipinski definition) is 14. The van der Waals surface area contributed by atoms with Gasteiger partial charge in [-0.2, -0.15) is 0 Å². The van der Waals surface area contributed by atoms with E-state index < -0.39 is 95.8 Å². The van der Waals surface area contributed by atoms with E-state index in [9.17, 15) is 58.2 Å². The maximum Gasteiger partial charge on any atom is 0.343 e. The zero-order chi connectivity index (χ0) is 53.7. The van der Waals surface area contributed by atoms with Crippen LogP contribution in [0.4, 0.5) is 4.39 Å². The molecule has 1 aliphatic carbocycles. The molecule has 6 N–H and O–H groups in total. The first-order valence-electron chi connectivity index (χ1n) is 25.1. The molecule has 4 aliphatic rings. The Balaban J connectivity index is 0.868. The van der Waals surface area contributed by atoms with Gasteiger partial charge in [-0.1, -0.05) is 43.7 Å². The fourth-order valence-corrected chi connectivity index (χ4v) is 10.3. The van der Waals surface area contributed by atoms with Crippen LogP contribution in [0, 0.1) is 18.7 Å². The Bertz CT molecular complexity index is 3100. The number of imide groups is 1. The topological polar surface area (TPSA) is 290 Å². The molecule has 4 atom stereocenters. The summed E-state index contributed by atoms with van der Waals surface area (Å²) < 4.78 is 22.1. The molecule has 0 unspecified atom stereocenters. The van der Waals surface area contributed by atoms with Crippen molar-refractivity contribution in [3.8, 4) is 11.4 Å². The van der Waals surface area contributed by atoms with Crippen molar-refractivity contribution >= 4 is 63.9 Å². The van der Waals surface area contributed by atoms with Gasteiger partial charge in [-0.15, -0.1) is 0 Å². The number of ketones is 2. The molecule has 4 aromatic rings. The Morgan fingerprint density at radius 3 is 2.36 bits per heavy atom. The average Bonchev–Trinajstić information content (AvgIpc) is 3.95. The number of carbonyl (C=O) groups excluding carboxylic acids is 9. The summed E-state index contributed by atoms with van der Waals surface area (Å²) >= 11 is 0. The summed E-state index contributed by atoms with van der Waals surface area (Å²) in [5.74, 6) is -6.54. The fraction of sp³-hybridized carbons (Fsp3) is 0.426. The molecule has 0 bridgehead atoms. The van der Waals surface area contributed by atoms with Gasteiger partial charge in [0.05, 0.1) is 54.8 Å². The number of cyclic esters (lactones) is 1. The van der Waals surface area contributed by atoms with Gasteiger partial charge < -0.3 is 40.8 Å². The number of aryl methyl sites for hydroxylation is 1. The number of pyridine rings is 2. The van der Waals surface area contributed by atoms with Crippen LogP contribution in [0.3, 0.4) is 0 Å². The monoisotopic (exact) mass is 1030 g/mol. The number of benzene rings is 2. The Labute approximate surface area is 429 Å². The number of halogens is 1. The van der Waals surface area contributed by atoms with Crippen molar-refractivity contribution in [2.24, 2.45) is 5.92 Å². The molecule has 21 heteroatoms. The number of nitrogens with one attached hydrogen (secondary N) is 4. The van der Waals surface area contributed by atoms with E-state index in [0.29, 0.717) is 76.6 Å². The number of esters is 1. The van der Waals surface area contributed by atoms with E-state index in [0.717, 1.165) is 10.5 Å². The zero-order valence-electron chi connectivity index (χ0n) is 41.6. The average molecular weight is 1030 g/mol.